The highest BCUT2D eigenvalue weighted by Gasteiger charge is 2.38. The summed E-state index contributed by atoms with van der Waals surface area (Å²) in [7, 11) is 0. The number of aliphatic imine (C=N–C) groups is 1. The normalized spacial score (nSPS) is 19.6. The Bertz CT molecular complexity index is 1800. The molecule has 3 aliphatic heterocycles. The van der Waals surface area contributed by atoms with Gasteiger partial charge < -0.3 is 14.8 Å². The third kappa shape index (κ3) is 9.11. The van der Waals surface area contributed by atoms with Crippen molar-refractivity contribution in [1.29, 1.82) is 0 Å². The van der Waals surface area contributed by atoms with Crippen molar-refractivity contribution in [2.45, 2.75) is 109 Å². The molecule has 3 aliphatic rings. The van der Waals surface area contributed by atoms with E-state index in [9.17, 15) is 14.4 Å². The van der Waals surface area contributed by atoms with Crippen LogP contribution in [0.2, 0.25) is 0 Å². The minimum Gasteiger partial charge on any atom is -0.444 e. The molecule has 9 nitrogen and oxygen atoms in total. The summed E-state index contributed by atoms with van der Waals surface area (Å²) >= 11 is 0. The average Bonchev–Trinajstić information content (AvgIpc) is 3.88. The van der Waals surface area contributed by atoms with E-state index in [4.69, 9.17) is 14.5 Å². The van der Waals surface area contributed by atoms with Gasteiger partial charge in [0.1, 0.15) is 17.2 Å². The highest BCUT2D eigenvalue weighted by atomic mass is 16.6. The first kappa shape index (κ1) is 36.9. The van der Waals surface area contributed by atoms with Gasteiger partial charge in [0.2, 0.25) is 5.91 Å². The maximum atomic E-state index is 13.2. The van der Waals surface area contributed by atoms with Crippen molar-refractivity contribution in [3.8, 4) is 0 Å². The highest BCUT2D eigenvalue weighted by Crippen LogP contribution is 2.34. The summed E-state index contributed by atoms with van der Waals surface area (Å²) in [5, 5.41) is 3.02. The fraction of sp³-hybridized carbons (Fsp3) is 0.442. The second-order valence-corrected chi connectivity index (χ2v) is 16.1. The lowest BCUT2D eigenvalue weighted by Gasteiger charge is -2.28. The number of carbonyl (C=O) groups is 3. The zero-order chi connectivity index (χ0) is 37.0. The Morgan fingerprint density at radius 2 is 1.37 bits per heavy atom. The number of hydrogen-bond donors (Lipinski definition) is 1. The van der Waals surface area contributed by atoms with Crippen LogP contribution in [0.4, 0.5) is 15.3 Å². The largest absolute Gasteiger partial charge is 0.444 e. The lowest BCUT2D eigenvalue weighted by Crippen LogP contribution is -2.45. The van der Waals surface area contributed by atoms with Gasteiger partial charge in [0.15, 0.2) is 0 Å². The van der Waals surface area contributed by atoms with Gasteiger partial charge in [-0.25, -0.2) is 9.59 Å². The van der Waals surface area contributed by atoms with Gasteiger partial charge in [-0.3, -0.25) is 19.6 Å². The molecular weight excluding hydrogens is 652 g/mol. The molecule has 3 aromatic rings. The minimum atomic E-state index is -0.619. The van der Waals surface area contributed by atoms with Crippen molar-refractivity contribution in [3.05, 3.63) is 107 Å². The monoisotopic (exact) mass is 704 g/mol. The summed E-state index contributed by atoms with van der Waals surface area (Å²) in [5.41, 5.74) is 6.43. The van der Waals surface area contributed by atoms with Gasteiger partial charge >= 0.3 is 12.2 Å². The maximum absolute atomic E-state index is 13.2. The third-order valence-corrected chi connectivity index (χ3v) is 9.75. The number of likely N-dealkylation sites (tertiary alicyclic amines) is 2. The Hall–Kier alpha value is -4.92. The molecule has 9 heteroatoms. The van der Waals surface area contributed by atoms with Crippen molar-refractivity contribution in [3.63, 3.8) is 0 Å². The zero-order valence-corrected chi connectivity index (χ0v) is 31.4. The van der Waals surface area contributed by atoms with E-state index >= 15 is 0 Å². The summed E-state index contributed by atoms with van der Waals surface area (Å²) in [6.07, 6.45) is 5.95. The number of nitrogens with one attached hydrogen (secondary N) is 1. The number of anilines is 1. The fourth-order valence-electron chi connectivity index (χ4n) is 7.29. The average molecular weight is 705 g/mol. The smallest absolute Gasteiger partial charge is 0.410 e. The van der Waals surface area contributed by atoms with Crippen LogP contribution in [0.15, 0.2) is 90.1 Å². The van der Waals surface area contributed by atoms with E-state index in [-0.39, 0.29) is 24.0 Å². The summed E-state index contributed by atoms with van der Waals surface area (Å²) in [6, 6.07) is 26.7. The molecule has 0 saturated carbocycles. The van der Waals surface area contributed by atoms with E-state index in [1.807, 2.05) is 70.8 Å². The van der Waals surface area contributed by atoms with Gasteiger partial charge in [-0.15, -0.1) is 0 Å². The van der Waals surface area contributed by atoms with Gasteiger partial charge in [-0.05, 0) is 114 Å². The minimum absolute atomic E-state index is 0.0281. The van der Waals surface area contributed by atoms with E-state index in [2.05, 4.69) is 66.0 Å². The van der Waals surface area contributed by atoms with Gasteiger partial charge in [-0.2, -0.15) is 0 Å². The maximum Gasteiger partial charge on any atom is 0.410 e. The standard InChI is InChI=1S/C43H52N4O5/c1-42(2,3)51-40(49)46-24-10-14-37(46)36-27-33(28-44-36)30-18-20-32(21-19-30)35(31-12-8-7-9-13-31)26-29-16-22-34(23-17-29)45-39(48)38-15-11-25-47(38)41(50)52-43(4,5)6/h7-9,12-13,16-23,28,35,37-38H,10-11,14-15,24-27H2,1-6H3,(H,45,48)/t35?,37-,38-/m0/s1. The number of nitrogens with zero attached hydrogens (tertiary/aromatic N) is 3. The lowest BCUT2D eigenvalue weighted by molar-refractivity contribution is -0.120. The molecule has 1 N–H and O–H groups in total. The summed E-state index contributed by atoms with van der Waals surface area (Å²) in [4.78, 5) is 47.0. The summed E-state index contributed by atoms with van der Waals surface area (Å²) in [6.45, 7) is 12.4. The first-order valence-electron chi connectivity index (χ1n) is 18.5. The molecule has 6 rings (SSSR count). The number of allylic oxidation sites excluding steroid dienone is 1. The number of benzene rings is 3. The molecule has 0 spiro atoms. The van der Waals surface area contributed by atoms with Gasteiger partial charge in [0, 0.05) is 43.0 Å². The van der Waals surface area contributed by atoms with Gasteiger partial charge in [-0.1, -0.05) is 66.7 Å². The topological polar surface area (TPSA) is 101 Å². The van der Waals surface area contributed by atoms with E-state index in [1.54, 1.807) is 0 Å². The molecule has 2 saturated heterocycles. The second-order valence-electron chi connectivity index (χ2n) is 16.1. The molecule has 3 atom stereocenters. The Morgan fingerprint density at radius 1 is 0.769 bits per heavy atom. The molecule has 2 fully saturated rings. The van der Waals surface area contributed by atoms with Crippen LogP contribution in [0.5, 0.6) is 0 Å². The van der Waals surface area contributed by atoms with Crippen LogP contribution in [0.1, 0.15) is 102 Å². The molecule has 1 unspecified atom stereocenters. The number of hydrogen-bond acceptors (Lipinski definition) is 6. The molecule has 3 amide bonds. The third-order valence-electron chi connectivity index (χ3n) is 9.75. The van der Waals surface area contributed by atoms with Crippen molar-refractivity contribution < 1.29 is 23.9 Å². The Labute approximate surface area is 308 Å². The van der Waals surface area contributed by atoms with Crippen LogP contribution in [0.25, 0.3) is 5.57 Å². The van der Waals surface area contributed by atoms with Crippen LogP contribution in [0.3, 0.4) is 0 Å². The van der Waals surface area contributed by atoms with Gasteiger partial charge in [0.25, 0.3) is 0 Å². The molecule has 0 aliphatic carbocycles. The van der Waals surface area contributed by atoms with Crippen LogP contribution in [-0.4, -0.2) is 70.0 Å². The molecule has 52 heavy (non-hydrogen) atoms. The predicted octanol–water partition coefficient (Wildman–Crippen LogP) is 8.98. The second kappa shape index (κ2) is 15.4. The van der Waals surface area contributed by atoms with Crippen LogP contribution < -0.4 is 5.32 Å². The predicted molar refractivity (Wildman–Crippen MR) is 205 cm³/mol. The van der Waals surface area contributed by atoms with E-state index in [0.717, 1.165) is 48.1 Å². The van der Waals surface area contributed by atoms with E-state index < -0.39 is 23.3 Å². The summed E-state index contributed by atoms with van der Waals surface area (Å²) in [5.74, 6) is -0.0707. The van der Waals surface area contributed by atoms with Gasteiger partial charge in [0.05, 0.1) is 6.04 Å². The number of carbonyl (C=O) groups excluding carboxylic acids is 3. The van der Waals surface area contributed by atoms with Crippen LogP contribution >= 0.6 is 0 Å². The molecule has 0 aromatic heterocycles. The lowest BCUT2D eigenvalue weighted by atomic mass is 9.85. The SMILES string of the molecule is CC(C)(C)OC(=O)N1CCC[C@H]1C(=O)Nc1ccc(CC(c2ccccc2)c2ccc(C3=CN=C([C@@H]4CCCN4C(=O)OC(C)(C)C)C3)cc2)cc1. The Kier molecular flexibility index (Phi) is 10.9. The van der Waals surface area contributed by atoms with Crippen molar-refractivity contribution >= 4 is 35.1 Å². The van der Waals surface area contributed by atoms with Crippen molar-refractivity contribution in [1.82, 2.24) is 9.80 Å². The van der Waals surface area contributed by atoms with Crippen LogP contribution in [0, 0.1) is 0 Å². The number of rotatable bonds is 8. The molecule has 0 radical (unpaired) electrons. The molecule has 0 bridgehead atoms. The molecular formula is C43H52N4O5. The highest BCUT2D eigenvalue weighted by molar-refractivity contribution is 6.03. The number of ether oxygens (including phenoxy) is 2. The fourth-order valence-corrected chi connectivity index (χ4v) is 7.29. The van der Waals surface area contributed by atoms with Crippen molar-refractivity contribution in [2.24, 2.45) is 4.99 Å². The summed E-state index contributed by atoms with van der Waals surface area (Å²) < 4.78 is 11.2. The Balaban J connectivity index is 1.10. The molecule has 274 valence electrons. The quantitative estimate of drug-likeness (QED) is 0.252. The molecule has 3 heterocycles. The zero-order valence-electron chi connectivity index (χ0n) is 31.4. The van der Waals surface area contributed by atoms with E-state index in [0.29, 0.717) is 31.6 Å². The van der Waals surface area contributed by atoms with Crippen molar-refractivity contribution in [2.75, 3.05) is 18.4 Å². The number of amides is 3. The first-order chi connectivity index (χ1) is 24.7. The first-order valence-corrected chi connectivity index (χ1v) is 18.5. The van der Waals surface area contributed by atoms with E-state index in [1.165, 1.54) is 16.0 Å². The van der Waals surface area contributed by atoms with Crippen LogP contribution in [-0.2, 0) is 20.7 Å². The molecule has 3 aromatic carbocycles. The Morgan fingerprint density at radius 3 is 2.02 bits per heavy atom.